The maximum Gasteiger partial charge on any atom is 0.238 e. The number of carbonyl (C=O) groups excluding carboxylic acids is 2. The number of aliphatic hydroxyl groups excluding tert-OH is 1. The molecule has 100 valence electrons. The Morgan fingerprint density at radius 2 is 1.89 bits per heavy atom. The summed E-state index contributed by atoms with van der Waals surface area (Å²) in [6.45, 7) is 0. The Labute approximate surface area is 111 Å². The Morgan fingerprint density at radius 3 is 2.63 bits per heavy atom. The molecule has 0 aliphatic heterocycles. The number of hydrogen-bond acceptors (Lipinski definition) is 3. The number of ketones is 1. The molecule has 4 heteroatoms. The number of carbonyl (C=O) groups is 2. The summed E-state index contributed by atoms with van der Waals surface area (Å²) in [6, 6.07) is 9.18. The third-order valence-corrected chi connectivity index (χ3v) is 4.49. The van der Waals surface area contributed by atoms with Crippen LogP contribution >= 0.6 is 0 Å². The SMILES string of the molecule is O=C(Nc1ccccc1)[C@@]12CCC(O)[C@@H](CC1)C2=O. The fourth-order valence-corrected chi connectivity index (χ4v) is 3.33. The van der Waals surface area contributed by atoms with E-state index in [0.29, 0.717) is 31.4 Å². The molecule has 0 radical (unpaired) electrons. The maximum absolute atomic E-state index is 12.5. The second-order valence-electron chi connectivity index (χ2n) is 5.52. The first-order chi connectivity index (χ1) is 9.13. The van der Waals surface area contributed by atoms with Crippen LogP contribution in [0, 0.1) is 11.3 Å². The fourth-order valence-electron chi connectivity index (χ4n) is 3.33. The van der Waals surface area contributed by atoms with Gasteiger partial charge in [0, 0.05) is 11.6 Å². The van der Waals surface area contributed by atoms with Crippen molar-refractivity contribution in [2.75, 3.05) is 5.32 Å². The van der Waals surface area contributed by atoms with Gasteiger partial charge in [0.25, 0.3) is 0 Å². The van der Waals surface area contributed by atoms with E-state index in [1.165, 1.54) is 0 Å². The zero-order valence-corrected chi connectivity index (χ0v) is 10.6. The van der Waals surface area contributed by atoms with Crippen molar-refractivity contribution < 1.29 is 14.7 Å². The van der Waals surface area contributed by atoms with E-state index < -0.39 is 11.5 Å². The van der Waals surface area contributed by atoms with Gasteiger partial charge in [-0.05, 0) is 37.8 Å². The number of rotatable bonds is 2. The number of benzene rings is 1. The van der Waals surface area contributed by atoms with Crippen LogP contribution in [0.1, 0.15) is 25.7 Å². The molecule has 2 N–H and O–H groups in total. The van der Waals surface area contributed by atoms with Crippen LogP contribution in [0.4, 0.5) is 5.69 Å². The van der Waals surface area contributed by atoms with Gasteiger partial charge in [-0.1, -0.05) is 18.2 Å². The van der Waals surface area contributed by atoms with E-state index in [9.17, 15) is 14.7 Å². The molecule has 1 aromatic carbocycles. The normalized spacial score (nSPS) is 33.2. The summed E-state index contributed by atoms with van der Waals surface area (Å²) in [4.78, 5) is 24.8. The zero-order chi connectivity index (χ0) is 13.5. The molecule has 0 aromatic heterocycles. The summed E-state index contributed by atoms with van der Waals surface area (Å²) < 4.78 is 0. The van der Waals surface area contributed by atoms with Crippen LogP contribution in [-0.4, -0.2) is 22.9 Å². The molecule has 1 amide bonds. The molecule has 0 heterocycles. The van der Waals surface area contributed by atoms with Crippen molar-refractivity contribution in [2.24, 2.45) is 11.3 Å². The van der Waals surface area contributed by atoms with Crippen molar-refractivity contribution >= 4 is 17.4 Å². The van der Waals surface area contributed by atoms with Crippen LogP contribution in [0.25, 0.3) is 0 Å². The Hall–Kier alpha value is -1.68. The van der Waals surface area contributed by atoms with E-state index in [1.807, 2.05) is 30.3 Å². The van der Waals surface area contributed by atoms with Crippen molar-refractivity contribution in [2.45, 2.75) is 31.8 Å². The molecule has 19 heavy (non-hydrogen) atoms. The van der Waals surface area contributed by atoms with Gasteiger partial charge in [0.15, 0.2) is 5.78 Å². The van der Waals surface area contributed by atoms with Crippen LogP contribution in [0.5, 0.6) is 0 Å². The predicted molar refractivity (Wildman–Crippen MR) is 70.5 cm³/mol. The van der Waals surface area contributed by atoms with Crippen LogP contribution in [0.3, 0.4) is 0 Å². The van der Waals surface area contributed by atoms with Gasteiger partial charge in [0.2, 0.25) is 5.91 Å². The topological polar surface area (TPSA) is 66.4 Å². The van der Waals surface area contributed by atoms with Crippen LogP contribution < -0.4 is 5.32 Å². The third kappa shape index (κ3) is 1.87. The Morgan fingerprint density at radius 1 is 1.21 bits per heavy atom. The molecule has 4 nitrogen and oxygen atoms in total. The zero-order valence-electron chi connectivity index (χ0n) is 10.6. The largest absolute Gasteiger partial charge is 0.392 e. The highest BCUT2D eigenvalue weighted by atomic mass is 16.3. The number of amides is 1. The minimum Gasteiger partial charge on any atom is -0.392 e. The highest BCUT2D eigenvalue weighted by Crippen LogP contribution is 2.49. The Balaban J connectivity index is 1.82. The van der Waals surface area contributed by atoms with Gasteiger partial charge in [0.05, 0.1) is 6.10 Å². The molecule has 3 rings (SSSR count). The van der Waals surface area contributed by atoms with Crippen molar-refractivity contribution in [3.63, 3.8) is 0 Å². The van der Waals surface area contributed by atoms with Crippen molar-refractivity contribution in [3.8, 4) is 0 Å². The second kappa shape index (κ2) is 4.46. The quantitative estimate of drug-likeness (QED) is 0.795. The van der Waals surface area contributed by atoms with Crippen LogP contribution in [0.15, 0.2) is 30.3 Å². The van der Waals surface area contributed by atoms with Gasteiger partial charge in [0.1, 0.15) is 5.41 Å². The molecule has 3 atom stereocenters. The van der Waals surface area contributed by atoms with Gasteiger partial charge >= 0.3 is 0 Å². The summed E-state index contributed by atoms with van der Waals surface area (Å²) in [7, 11) is 0. The molecular formula is C15H17NO3. The highest BCUT2D eigenvalue weighted by molar-refractivity contribution is 6.13. The Kier molecular flexibility index (Phi) is 2.90. The van der Waals surface area contributed by atoms with Gasteiger partial charge in [-0.25, -0.2) is 0 Å². The van der Waals surface area contributed by atoms with Gasteiger partial charge in [-0.3, -0.25) is 9.59 Å². The van der Waals surface area contributed by atoms with Crippen molar-refractivity contribution in [3.05, 3.63) is 30.3 Å². The molecule has 2 aliphatic rings. The first-order valence-corrected chi connectivity index (χ1v) is 6.72. The number of anilines is 1. The van der Waals surface area contributed by atoms with Crippen LogP contribution in [-0.2, 0) is 9.59 Å². The van der Waals surface area contributed by atoms with Crippen LogP contribution in [0.2, 0.25) is 0 Å². The molecule has 2 fully saturated rings. The predicted octanol–water partition coefficient (Wildman–Crippen LogP) is 1.75. The minimum atomic E-state index is -0.903. The number of para-hydroxylation sites is 1. The van der Waals surface area contributed by atoms with Gasteiger partial charge < -0.3 is 10.4 Å². The number of aliphatic hydroxyl groups is 1. The lowest BCUT2D eigenvalue weighted by Gasteiger charge is -2.32. The monoisotopic (exact) mass is 259 g/mol. The number of fused-ring (bicyclic) bond motifs is 2. The van der Waals surface area contributed by atoms with E-state index in [4.69, 9.17) is 0 Å². The summed E-state index contributed by atoms with van der Waals surface area (Å²) in [5.74, 6) is -0.618. The van der Waals surface area contributed by atoms with Gasteiger partial charge in [-0.15, -0.1) is 0 Å². The van der Waals surface area contributed by atoms with Crippen molar-refractivity contribution in [1.29, 1.82) is 0 Å². The third-order valence-electron chi connectivity index (χ3n) is 4.49. The number of hydrogen-bond donors (Lipinski definition) is 2. The fraction of sp³-hybridized carbons (Fsp3) is 0.467. The molecule has 1 aromatic rings. The first-order valence-electron chi connectivity index (χ1n) is 6.72. The lowest BCUT2D eigenvalue weighted by Crippen LogP contribution is -2.46. The first kappa shape index (κ1) is 12.4. The Bertz CT molecular complexity index is 513. The number of Topliss-reactive ketones (excluding diaryl/α,β-unsaturated/α-hetero) is 1. The molecule has 0 saturated heterocycles. The summed E-state index contributed by atoms with van der Waals surface area (Å²) in [5.41, 5.74) is -0.191. The summed E-state index contributed by atoms with van der Waals surface area (Å²) in [6.07, 6.45) is 1.63. The molecule has 1 unspecified atom stereocenters. The lowest BCUT2D eigenvalue weighted by molar-refractivity contribution is -0.144. The smallest absolute Gasteiger partial charge is 0.238 e. The van der Waals surface area contributed by atoms with E-state index >= 15 is 0 Å². The summed E-state index contributed by atoms with van der Waals surface area (Å²) >= 11 is 0. The maximum atomic E-state index is 12.5. The van der Waals surface area contributed by atoms with E-state index in [2.05, 4.69) is 5.32 Å². The minimum absolute atomic E-state index is 0.0697. The van der Waals surface area contributed by atoms with E-state index in [1.54, 1.807) is 0 Å². The van der Waals surface area contributed by atoms with Crippen molar-refractivity contribution in [1.82, 2.24) is 0 Å². The lowest BCUT2D eigenvalue weighted by atomic mass is 9.73. The average molecular weight is 259 g/mol. The second-order valence-corrected chi connectivity index (χ2v) is 5.52. The van der Waals surface area contributed by atoms with Gasteiger partial charge in [-0.2, -0.15) is 0 Å². The molecular weight excluding hydrogens is 242 g/mol. The van der Waals surface area contributed by atoms with E-state index in [0.717, 1.165) is 0 Å². The molecule has 0 spiro atoms. The van der Waals surface area contributed by atoms with E-state index in [-0.39, 0.29) is 17.6 Å². The average Bonchev–Trinajstić information content (AvgIpc) is 2.64. The molecule has 2 saturated carbocycles. The molecule has 2 aliphatic carbocycles. The standard InChI is InChI=1S/C15H17NO3/c17-12-7-9-15(8-6-11(12)13(15)18)14(19)16-10-4-2-1-3-5-10/h1-5,11-12,17H,6-9H2,(H,16,19)/t11-,12?,15-/m1/s1. The summed E-state index contributed by atoms with van der Waals surface area (Å²) in [5, 5.41) is 12.6. The number of nitrogens with one attached hydrogen (secondary N) is 1. The highest BCUT2D eigenvalue weighted by Gasteiger charge is 2.57. The molecule has 2 bridgehead atoms.